The van der Waals surface area contributed by atoms with E-state index in [4.69, 9.17) is 4.74 Å². The van der Waals surface area contributed by atoms with E-state index >= 15 is 0 Å². The molecule has 6 heteroatoms. The van der Waals surface area contributed by atoms with Crippen LogP contribution in [0.5, 0.6) is 5.88 Å². The van der Waals surface area contributed by atoms with Gasteiger partial charge in [-0.3, -0.25) is 0 Å². The Morgan fingerprint density at radius 1 is 1.20 bits per heavy atom. The van der Waals surface area contributed by atoms with Crippen LogP contribution in [0.15, 0.2) is 47.5 Å². The molecular formula is C14H16N2O3S. The molecule has 0 saturated heterocycles. The Labute approximate surface area is 118 Å². The van der Waals surface area contributed by atoms with Crippen molar-refractivity contribution in [3.8, 4) is 5.88 Å². The minimum absolute atomic E-state index is 0.132. The predicted molar refractivity (Wildman–Crippen MR) is 76.0 cm³/mol. The average Bonchev–Trinajstić information content (AvgIpc) is 2.46. The van der Waals surface area contributed by atoms with Crippen molar-refractivity contribution in [2.45, 2.75) is 18.4 Å². The van der Waals surface area contributed by atoms with Gasteiger partial charge in [0.1, 0.15) is 0 Å². The molecule has 1 heterocycles. The predicted octanol–water partition coefficient (Wildman–Crippen LogP) is 1.88. The molecule has 0 atom stereocenters. The van der Waals surface area contributed by atoms with Crippen molar-refractivity contribution in [2.24, 2.45) is 0 Å². The molecule has 0 unspecified atom stereocenters. The quantitative estimate of drug-likeness (QED) is 0.913. The van der Waals surface area contributed by atoms with Gasteiger partial charge in [-0.25, -0.2) is 18.1 Å². The highest BCUT2D eigenvalue weighted by Crippen LogP contribution is 2.15. The molecule has 0 bridgehead atoms. The Bertz CT molecular complexity index is 682. The summed E-state index contributed by atoms with van der Waals surface area (Å²) in [5, 5.41) is 0. The van der Waals surface area contributed by atoms with Crippen molar-refractivity contribution < 1.29 is 13.2 Å². The fourth-order valence-corrected chi connectivity index (χ4v) is 2.72. The van der Waals surface area contributed by atoms with Crippen LogP contribution in [0.3, 0.4) is 0 Å². The number of aryl methyl sites for hydroxylation is 1. The minimum Gasteiger partial charge on any atom is -0.481 e. The molecular weight excluding hydrogens is 276 g/mol. The van der Waals surface area contributed by atoms with Crippen molar-refractivity contribution in [1.29, 1.82) is 0 Å². The first-order valence-electron chi connectivity index (χ1n) is 6.07. The van der Waals surface area contributed by atoms with Gasteiger partial charge in [-0.05, 0) is 25.1 Å². The monoisotopic (exact) mass is 292 g/mol. The summed E-state index contributed by atoms with van der Waals surface area (Å²) >= 11 is 0. The lowest BCUT2D eigenvalue weighted by atomic mass is 10.2. The van der Waals surface area contributed by atoms with Crippen LogP contribution in [-0.2, 0) is 16.6 Å². The first kappa shape index (κ1) is 14.5. The molecule has 0 fully saturated rings. The van der Waals surface area contributed by atoms with Crippen molar-refractivity contribution in [3.63, 3.8) is 0 Å². The second-order valence-electron chi connectivity index (χ2n) is 4.31. The fourth-order valence-electron chi connectivity index (χ4n) is 1.72. The van der Waals surface area contributed by atoms with Crippen molar-refractivity contribution in [2.75, 3.05) is 7.11 Å². The third-order valence-corrected chi connectivity index (χ3v) is 4.24. The number of aromatic nitrogens is 1. The van der Waals surface area contributed by atoms with E-state index in [0.29, 0.717) is 11.4 Å². The van der Waals surface area contributed by atoms with Gasteiger partial charge in [-0.1, -0.05) is 23.8 Å². The summed E-state index contributed by atoms with van der Waals surface area (Å²) in [5.74, 6) is 0.416. The third-order valence-electron chi connectivity index (χ3n) is 2.83. The van der Waals surface area contributed by atoms with Crippen LogP contribution in [0.1, 0.15) is 11.1 Å². The summed E-state index contributed by atoms with van der Waals surface area (Å²) < 4.78 is 31.9. The molecule has 0 saturated carbocycles. The van der Waals surface area contributed by atoms with E-state index in [9.17, 15) is 8.42 Å². The van der Waals surface area contributed by atoms with Crippen LogP contribution < -0.4 is 9.46 Å². The molecule has 5 nitrogen and oxygen atoms in total. The van der Waals surface area contributed by atoms with Crippen LogP contribution >= 0.6 is 0 Å². The second-order valence-corrected chi connectivity index (χ2v) is 6.08. The highest BCUT2D eigenvalue weighted by atomic mass is 32.2. The first-order chi connectivity index (χ1) is 9.53. The maximum atomic E-state index is 12.1. The number of nitrogens with one attached hydrogen (secondary N) is 1. The van der Waals surface area contributed by atoms with Crippen LogP contribution in [-0.4, -0.2) is 20.5 Å². The zero-order valence-corrected chi connectivity index (χ0v) is 12.1. The summed E-state index contributed by atoms with van der Waals surface area (Å²) in [6.07, 6.45) is 1.59. The number of pyridine rings is 1. The zero-order valence-electron chi connectivity index (χ0n) is 11.3. The number of hydrogen-bond donors (Lipinski definition) is 1. The van der Waals surface area contributed by atoms with E-state index in [1.807, 2.05) is 6.92 Å². The Hall–Kier alpha value is -1.92. The van der Waals surface area contributed by atoms with E-state index in [1.165, 1.54) is 7.11 Å². The van der Waals surface area contributed by atoms with E-state index in [2.05, 4.69) is 9.71 Å². The van der Waals surface area contributed by atoms with Gasteiger partial charge in [0.2, 0.25) is 15.9 Å². The Morgan fingerprint density at radius 3 is 2.55 bits per heavy atom. The molecule has 1 N–H and O–H groups in total. The van der Waals surface area contributed by atoms with E-state index < -0.39 is 10.0 Å². The molecule has 20 heavy (non-hydrogen) atoms. The molecule has 0 aliphatic heterocycles. The molecule has 0 amide bonds. The highest BCUT2D eigenvalue weighted by molar-refractivity contribution is 7.89. The Balaban J connectivity index is 2.15. The van der Waals surface area contributed by atoms with Gasteiger partial charge in [0.25, 0.3) is 0 Å². The van der Waals surface area contributed by atoms with E-state index in [-0.39, 0.29) is 11.4 Å². The molecule has 0 aliphatic rings. The maximum absolute atomic E-state index is 12.1. The minimum atomic E-state index is -3.53. The van der Waals surface area contributed by atoms with Gasteiger partial charge in [-0.15, -0.1) is 0 Å². The van der Waals surface area contributed by atoms with Crippen LogP contribution in [0.2, 0.25) is 0 Å². The van der Waals surface area contributed by atoms with Gasteiger partial charge in [-0.2, -0.15) is 0 Å². The molecule has 1 aromatic heterocycles. The maximum Gasteiger partial charge on any atom is 0.240 e. The van der Waals surface area contributed by atoms with Crippen molar-refractivity contribution >= 4 is 10.0 Å². The van der Waals surface area contributed by atoms with Gasteiger partial charge in [0, 0.05) is 18.3 Å². The number of methoxy groups -OCH3 is 1. The van der Waals surface area contributed by atoms with Gasteiger partial charge in [0.15, 0.2) is 0 Å². The van der Waals surface area contributed by atoms with Crippen LogP contribution in [0.25, 0.3) is 0 Å². The van der Waals surface area contributed by atoms with Crippen LogP contribution in [0.4, 0.5) is 0 Å². The zero-order chi connectivity index (χ0) is 14.6. The molecule has 1 aromatic carbocycles. The lowest BCUT2D eigenvalue weighted by molar-refractivity contribution is 0.392. The standard InChI is InChI=1S/C14H16N2O3S/c1-11-5-7-13(8-6-11)20(17,18)16-10-12-4-3-9-15-14(12)19-2/h3-9,16H,10H2,1-2H3. The van der Waals surface area contributed by atoms with E-state index in [1.54, 1.807) is 42.6 Å². The molecule has 2 aromatic rings. The summed E-state index contributed by atoms with van der Waals surface area (Å²) in [4.78, 5) is 4.27. The number of ether oxygens (including phenoxy) is 1. The smallest absolute Gasteiger partial charge is 0.240 e. The molecule has 0 spiro atoms. The number of sulfonamides is 1. The third kappa shape index (κ3) is 3.34. The Morgan fingerprint density at radius 2 is 1.90 bits per heavy atom. The normalized spacial score (nSPS) is 11.3. The lowest BCUT2D eigenvalue weighted by Crippen LogP contribution is -2.23. The number of nitrogens with zero attached hydrogens (tertiary/aromatic N) is 1. The largest absolute Gasteiger partial charge is 0.481 e. The van der Waals surface area contributed by atoms with Gasteiger partial charge in [0.05, 0.1) is 12.0 Å². The first-order valence-corrected chi connectivity index (χ1v) is 7.55. The average molecular weight is 292 g/mol. The van der Waals surface area contributed by atoms with Gasteiger partial charge >= 0.3 is 0 Å². The van der Waals surface area contributed by atoms with Crippen LogP contribution in [0, 0.1) is 6.92 Å². The lowest BCUT2D eigenvalue weighted by Gasteiger charge is -2.09. The molecule has 0 aliphatic carbocycles. The summed E-state index contributed by atoms with van der Waals surface area (Å²) in [6.45, 7) is 2.04. The molecule has 0 radical (unpaired) electrons. The summed E-state index contributed by atoms with van der Waals surface area (Å²) in [6, 6.07) is 10.2. The number of hydrogen-bond acceptors (Lipinski definition) is 4. The Kier molecular flexibility index (Phi) is 4.36. The molecule has 106 valence electrons. The molecule has 2 rings (SSSR count). The van der Waals surface area contributed by atoms with Gasteiger partial charge < -0.3 is 4.74 Å². The summed E-state index contributed by atoms with van der Waals surface area (Å²) in [5.41, 5.74) is 1.70. The SMILES string of the molecule is COc1ncccc1CNS(=O)(=O)c1ccc(C)cc1. The topological polar surface area (TPSA) is 68.3 Å². The number of benzene rings is 1. The van der Waals surface area contributed by atoms with Crippen molar-refractivity contribution in [3.05, 3.63) is 53.7 Å². The highest BCUT2D eigenvalue weighted by Gasteiger charge is 2.14. The summed E-state index contributed by atoms with van der Waals surface area (Å²) in [7, 11) is -2.03. The second kappa shape index (κ2) is 6.02. The number of rotatable bonds is 5. The fraction of sp³-hybridized carbons (Fsp3) is 0.214. The van der Waals surface area contributed by atoms with E-state index in [0.717, 1.165) is 5.56 Å². The van der Waals surface area contributed by atoms with Crippen molar-refractivity contribution in [1.82, 2.24) is 9.71 Å².